The number of nitrogens with one attached hydrogen (secondary N) is 2. The van der Waals surface area contributed by atoms with Crippen LogP contribution in [0, 0.1) is 11.8 Å². The molecule has 1 fully saturated rings. The van der Waals surface area contributed by atoms with Crippen LogP contribution in [0.3, 0.4) is 0 Å². The molecule has 5 nitrogen and oxygen atoms in total. The zero-order chi connectivity index (χ0) is 14.8. The minimum Gasteiger partial charge on any atom is -0.397 e. The molecule has 0 amide bonds. The lowest BCUT2D eigenvalue weighted by atomic mass is 10.1. The van der Waals surface area contributed by atoms with Gasteiger partial charge in [-0.2, -0.15) is 0 Å². The van der Waals surface area contributed by atoms with Gasteiger partial charge in [0.05, 0.1) is 16.3 Å². The molecule has 1 aliphatic carbocycles. The van der Waals surface area contributed by atoms with Crippen LogP contribution in [-0.2, 0) is 10.0 Å². The van der Waals surface area contributed by atoms with Crippen LogP contribution in [0.5, 0.6) is 0 Å². The van der Waals surface area contributed by atoms with E-state index in [9.17, 15) is 8.42 Å². The summed E-state index contributed by atoms with van der Waals surface area (Å²) in [4.78, 5) is 0.192. The molecule has 112 valence electrons. The van der Waals surface area contributed by atoms with Crippen molar-refractivity contribution in [2.75, 3.05) is 24.6 Å². The Kier molecular flexibility index (Phi) is 4.55. The van der Waals surface area contributed by atoms with Gasteiger partial charge in [0.25, 0.3) is 0 Å². The van der Waals surface area contributed by atoms with Crippen molar-refractivity contribution in [1.82, 2.24) is 4.72 Å². The number of anilines is 2. The van der Waals surface area contributed by atoms with Gasteiger partial charge in [-0.25, -0.2) is 13.1 Å². The number of nitrogen functional groups attached to an aromatic ring is 1. The van der Waals surface area contributed by atoms with Crippen molar-refractivity contribution in [3.8, 4) is 0 Å². The molecule has 0 radical (unpaired) electrons. The summed E-state index contributed by atoms with van der Waals surface area (Å²) < 4.78 is 25.6. The summed E-state index contributed by atoms with van der Waals surface area (Å²) >= 11 is 0. The van der Waals surface area contributed by atoms with Gasteiger partial charge in [0.2, 0.25) is 10.0 Å². The fourth-order valence-corrected chi connectivity index (χ4v) is 3.52. The third-order valence-corrected chi connectivity index (χ3v) is 5.40. The fourth-order valence-electron chi connectivity index (χ4n) is 2.75. The number of benzene rings is 1. The topological polar surface area (TPSA) is 84.2 Å². The molecule has 1 aromatic rings. The van der Waals surface area contributed by atoms with Crippen molar-refractivity contribution < 1.29 is 8.42 Å². The van der Waals surface area contributed by atoms with Gasteiger partial charge in [0, 0.05) is 6.54 Å². The first-order chi connectivity index (χ1) is 9.42. The average molecular weight is 297 g/mol. The van der Waals surface area contributed by atoms with Crippen LogP contribution in [0.4, 0.5) is 11.4 Å². The van der Waals surface area contributed by atoms with Crippen molar-refractivity contribution in [2.45, 2.75) is 31.1 Å². The number of hydrogen-bond acceptors (Lipinski definition) is 4. The van der Waals surface area contributed by atoms with E-state index in [2.05, 4.69) is 17.0 Å². The number of rotatable bonds is 5. The summed E-state index contributed by atoms with van der Waals surface area (Å²) in [6.07, 6.45) is 3.79. The molecule has 20 heavy (non-hydrogen) atoms. The predicted octanol–water partition coefficient (Wildman–Crippen LogP) is 2.02. The van der Waals surface area contributed by atoms with Gasteiger partial charge in [-0.05, 0) is 49.9 Å². The average Bonchev–Trinajstić information content (AvgIpc) is 2.83. The van der Waals surface area contributed by atoms with Crippen molar-refractivity contribution in [3.63, 3.8) is 0 Å². The Balaban J connectivity index is 2.03. The summed E-state index contributed by atoms with van der Waals surface area (Å²) in [6, 6.07) is 4.80. The molecule has 0 saturated heterocycles. The monoisotopic (exact) mass is 297 g/mol. The Morgan fingerprint density at radius 3 is 2.65 bits per heavy atom. The fraction of sp³-hybridized carbons (Fsp3) is 0.571. The Labute approximate surface area is 121 Å². The van der Waals surface area contributed by atoms with Crippen molar-refractivity contribution in [3.05, 3.63) is 18.2 Å². The molecule has 4 N–H and O–H groups in total. The minimum atomic E-state index is -3.43. The highest BCUT2D eigenvalue weighted by Gasteiger charge is 2.21. The van der Waals surface area contributed by atoms with Crippen LogP contribution in [-0.4, -0.2) is 22.0 Å². The molecule has 2 rings (SSSR count). The molecule has 0 aliphatic heterocycles. The van der Waals surface area contributed by atoms with E-state index in [0.29, 0.717) is 11.6 Å². The molecule has 0 bridgehead atoms. The van der Waals surface area contributed by atoms with E-state index in [-0.39, 0.29) is 4.90 Å². The lowest BCUT2D eigenvalue weighted by Gasteiger charge is -2.14. The number of hydrogen-bond donors (Lipinski definition) is 3. The molecule has 1 aliphatic rings. The van der Waals surface area contributed by atoms with E-state index in [1.807, 2.05) is 0 Å². The molecule has 0 aromatic heterocycles. The molecule has 2 atom stereocenters. The van der Waals surface area contributed by atoms with E-state index in [1.165, 1.54) is 32.4 Å². The number of sulfonamides is 1. The maximum absolute atomic E-state index is 11.7. The molecular formula is C14H23N3O2S. The van der Waals surface area contributed by atoms with Crippen molar-refractivity contribution >= 4 is 21.4 Å². The van der Waals surface area contributed by atoms with Crippen molar-refractivity contribution in [1.29, 1.82) is 0 Å². The molecule has 0 spiro atoms. The normalized spacial score (nSPS) is 22.9. The lowest BCUT2D eigenvalue weighted by Crippen LogP contribution is -2.19. The van der Waals surface area contributed by atoms with Crippen LogP contribution in [0.2, 0.25) is 0 Å². The van der Waals surface area contributed by atoms with E-state index in [1.54, 1.807) is 12.1 Å². The maximum atomic E-state index is 11.7. The molecule has 1 aromatic carbocycles. The molecule has 2 unspecified atom stereocenters. The van der Waals surface area contributed by atoms with Gasteiger partial charge in [-0.3, -0.25) is 0 Å². The first-order valence-electron chi connectivity index (χ1n) is 6.99. The summed E-state index contributed by atoms with van der Waals surface area (Å²) in [5.74, 6) is 1.49. The van der Waals surface area contributed by atoms with E-state index < -0.39 is 10.0 Å². The Hall–Kier alpha value is -1.27. The van der Waals surface area contributed by atoms with Gasteiger partial charge in [0.15, 0.2) is 0 Å². The standard InChI is InChI=1S/C14H23N3O2S/c1-10-3-4-11(7-10)9-17-14-6-5-12(8-13(14)15)20(18,19)16-2/h5-6,8,10-11,16-17H,3-4,7,9,15H2,1-2H3. The Morgan fingerprint density at radius 2 is 2.10 bits per heavy atom. The highest BCUT2D eigenvalue weighted by Crippen LogP contribution is 2.31. The molecule has 1 saturated carbocycles. The summed E-state index contributed by atoms with van der Waals surface area (Å²) in [7, 11) is -2.05. The summed E-state index contributed by atoms with van der Waals surface area (Å²) in [6.45, 7) is 3.18. The molecular weight excluding hydrogens is 274 g/mol. The van der Waals surface area contributed by atoms with Crippen LogP contribution in [0.15, 0.2) is 23.1 Å². The second-order valence-corrected chi connectivity index (χ2v) is 7.51. The molecule has 6 heteroatoms. The van der Waals surface area contributed by atoms with Crippen LogP contribution in [0.25, 0.3) is 0 Å². The second-order valence-electron chi connectivity index (χ2n) is 5.62. The highest BCUT2D eigenvalue weighted by molar-refractivity contribution is 7.89. The van der Waals surface area contributed by atoms with Gasteiger partial charge in [0.1, 0.15) is 0 Å². The lowest BCUT2D eigenvalue weighted by molar-refractivity contribution is 0.537. The van der Waals surface area contributed by atoms with Gasteiger partial charge in [-0.1, -0.05) is 13.3 Å². The second kappa shape index (κ2) is 6.01. The third kappa shape index (κ3) is 3.43. The zero-order valence-corrected chi connectivity index (χ0v) is 12.8. The van der Waals surface area contributed by atoms with Crippen LogP contribution < -0.4 is 15.8 Å². The van der Waals surface area contributed by atoms with Crippen molar-refractivity contribution in [2.24, 2.45) is 11.8 Å². The molecule has 0 heterocycles. The van der Waals surface area contributed by atoms with Gasteiger partial charge < -0.3 is 11.1 Å². The Bertz CT molecular complexity index is 572. The summed E-state index contributed by atoms with van der Waals surface area (Å²) in [5.41, 5.74) is 7.20. The zero-order valence-electron chi connectivity index (χ0n) is 12.0. The number of nitrogens with two attached hydrogens (primary N) is 1. The smallest absolute Gasteiger partial charge is 0.240 e. The maximum Gasteiger partial charge on any atom is 0.240 e. The minimum absolute atomic E-state index is 0.192. The first kappa shape index (κ1) is 15.1. The largest absolute Gasteiger partial charge is 0.397 e. The van der Waals surface area contributed by atoms with E-state index in [0.717, 1.165) is 18.2 Å². The van der Waals surface area contributed by atoms with E-state index >= 15 is 0 Å². The van der Waals surface area contributed by atoms with E-state index in [4.69, 9.17) is 5.73 Å². The quantitative estimate of drug-likeness (QED) is 0.726. The SMILES string of the molecule is CNS(=O)(=O)c1ccc(NCC2CCC(C)C2)c(N)c1. The first-order valence-corrected chi connectivity index (χ1v) is 8.47. The Morgan fingerprint density at radius 1 is 1.35 bits per heavy atom. The van der Waals surface area contributed by atoms with Crippen LogP contribution >= 0.6 is 0 Å². The van der Waals surface area contributed by atoms with Gasteiger partial charge in [-0.15, -0.1) is 0 Å². The third-order valence-electron chi connectivity index (χ3n) is 3.99. The highest BCUT2D eigenvalue weighted by atomic mass is 32.2. The predicted molar refractivity (Wildman–Crippen MR) is 82.1 cm³/mol. The van der Waals surface area contributed by atoms with Gasteiger partial charge >= 0.3 is 0 Å². The van der Waals surface area contributed by atoms with Crippen LogP contribution in [0.1, 0.15) is 26.2 Å². The summed E-state index contributed by atoms with van der Waals surface area (Å²) in [5, 5.41) is 3.33.